The molecule has 5 heteroatoms. The molecular weight excluding hydrogens is 245 g/mol. The Morgan fingerprint density at radius 1 is 1.53 bits per heavy atom. The van der Waals surface area contributed by atoms with E-state index in [1.807, 2.05) is 0 Å². The second-order valence-corrected chi connectivity index (χ2v) is 3.89. The number of nitrogens with one attached hydrogen (secondary N) is 1. The van der Waals surface area contributed by atoms with Gasteiger partial charge in [0, 0.05) is 0 Å². The fourth-order valence-corrected chi connectivity index (χ4v) is 1.53. The van der Waals surface area contributed by atoms with Crippen molar-refractivity contribution in [1.82, 2.24) is 5.32 Å². The van der Waals surface area contributed by atoms with Gasteiger partial charge < -0.3 is 10.1 Å². The Morgan fingerprint density at radius 2 is 2.29 bits per heavy atom. The third-order valence-electron chi connectivity index (χ3n) is 2.15. The largest absolute Gasteiger partial charge is 0.465 e. The lowest BCUT2D eigenvalue weighted by Gasteiger charge is -2.05. The first-order valence-corrected chi connectivity index (χ1v) is 5.81. The van der Waals surface area contributed by atoms with Gasteiger partial charge in [0.25, 0.3) is 0 Å². The summed E-state index contributed by atoms with van der Waals surface area (Å²) in [4.78, 5) is 11.0. The van der Waals surface area contributed by atoms with Gasteiger partial charge in [-0.25, -0.2) is 4.39 Å². The topological polar surface area (TPSA) is 38.3 Å². The molecule has 17 heavy (non-hydrogen) atoms. The number of hydrogen-bond acceptors (Lipinski definition) is 3. The van der Waals surface area contributed by atoms with Crippen molar-refractivity contribution in [2.24, 2.45) is 0 Å². The number of rotatable bonds is 6. The normalized spacial score (nSPS) is 10.3. The molecule has 3 nitrogen and oxygen atoms in total. The van der Waals surface area contributed by atoms with E-state index in [9.17, 15) is 9.18 Å². The Kier molecular flexibility index (Phi) is 5.94. The molecule has 94 valence electrons. The third kappa shape index (κ3) is 5.15. The maximum Gasteiger partial charge on any atom is 0.319 e. The van der Waals surface area contributed by atoms with Crippen LogP contribution in [0, 0.1) is 5.82 Å². The summed E-state index contributed by atoms with van der Waals surface area (Å²) in [6, 6.07) is 4.60. The maximum atomic E-state index is 12.9. The van der Waals surface area contributed by atoms with Crippen LogP contribution in [0.5, 0.6) is 0 Å². The van der Waals surface area contributed by atoms with Crippen LogP contribution in [-0.4, -0.2) is 25.7 Å². The first-order chi connectivity index (χ1) is 8.13. The van der Waals surface area contributed by atoms with Crippen LogP contribution < -0.4 is 5.32 Å². The SMILES string of the molecule is CCOC(=O)CNCCc1ccc(F)c(Cl)c1. The van der Waals surface area contributed by atoms with Crippen LogP contribution >= 0.6 is 11.6 Å². The van der Waals surface area contributed by atoms with Gasteiger partial charge in [0.1, 0.15) is 5.82 Å². The molecule has 0 bridgehead atoms. The fourth-order valence-electron chi connectivity index (χ4n) is 1.33. The van der Waals surface area contributed by atoms with E-state index in [1.54, 1.807) is 19.1 Å². The summed E-state index contributed by atoms with van der Waals surface area (Å²) in [6.45, 7) is 2.94. The fraction of sp³-hybridized carbons (Fsp3) is 0.417. The highest BCUT2D eigenvalue weighted by Gasteiger charge is 2.02. The summed E-state index contributed by atoms with van der Waals surface area (Å²) in [6.07, 6.45) is 0.680. The Hall–Kier alpha value is -1.13. The zero-order valence-corrected chi connectivity index (χ0v) is 10.4. The lowest BCUT2D eigenvalue weighted by atomic mass is 10.1. The molecule has 0 aliphatic carbocycles. The van der Waals surface area contributed by atoms with Crippen molar-refractivity contribution in [3.8, 4) is 0 Å². The van der Waals surface area contributed by atoms with Crippen LogP contribution in [0.25, 0.3) is 0 Å². The highest BCUT2D eigenvalue weighted by molar-refractivity contribution is 6.30. The summed E-state index contributed by atoms with van der Waals surface area (Å²) in [5.74, 6) is -0.695. The first-order valence-electron chi connectivity index (χ1n) is 5.43. The van der Waals surface area contributed by atoms with Gasteiger partial charge in [0.2, 0.25) is 0 Å². The number of esters is 1. The Morgan fingerprint density at radius 3 is 2.94 bits per heavy atom. The van der Waals surface area contributed by atoms with E-state index >= 15 is 0 Å². The van der Waals surface area contributed by atoms with Crippen LogP contribution in [-0.2, 0) is 16.0 Å². The standard InChI is InChI=1S/C12H15ClFNO2/c1-2-17-12(16)8-15-6-5-9-3-4-11(14)10(13)7-9/h3-4,7,15H,2,5-6,8H2,1H3. The van der Waals surface area contributed by atoms with Gasteiger partial charge in [0.05, 0.1) is 18.2 Å². The second kappa shape index (κ2) is 7.25. The van der Waals surface area contributed by atoms with Crippen LogP contribution in [0.4, 0.5) is 4.39 Å². The summed E-state index contributed by atoms with van der Waals surface area (Å²) in [5.41, 5.74) is 0.924. The molecule has 0 aliphatic heterocycles. The Bertz CT molecular complexity index is 385. The Balaban J connectivity index is 2.26. The number of hydrogen-bond donors (Lipinski definition) is 1. The van der Waals surface area contributed by atoms with Gasteiger partial charge in [-0.05, 0) is 37.6 Å². The highest BCUT2D eigenvalue weighted by atomic mass is 35.5. The van der Waals surface area contributed by atoms with Crippen molar-refractivity contribution < 1.29 is 13.9 Å². The number of halogens is 2. The van der Waals surface area contributed by atoms with Crippen molar-refractivity contribution in [3.63, 3.8) is 0 Å². The van der Waals surface area contributed by atoms with Gasteiger partial charge in [-0.15, -0.1) is 0 Å². The van der Waals surface area contributed by atoms with Gasteiger partial charge in [0.15, 0.2) is 0 Å². The van der Waals surface area contributed by atoms with Gasteiger partial charge in [-0.3, -0.25) is 4.79 Å². The van der Waals surface area contributed by atoms with E-state index in [0.29, 0.717) is 19.6 Å². The molecule has 1 aromatic carbocycles. The molecule has 0 spiro atoms. The predicted molar refractivity (Wildman–Crippen MR) is 64.6 cm³/mol. The second-order valence-electron chi connectivity index (χ2n) is 3.48. The third-order valence-corrected chi connectivity index (χ3v) is 2.44. The first kappa shape index (κ1) is 13.9. The molecule has 1 rings (SSSR count). The van der Waals surface area contributed by atoms with E-state index in [2.05, 4.69) is 5.32 Å². The summed E-state index contributed by atoms with van der Waals surface area (Å²) in [7, 11) is 0. The van der Waals surface area contributed by atoms with E-state index in [1.165, 1.54) is 6.07 Å². The van der Waals surface area contributed by atoms with E-state index in [-0.39, 0.29) is 17.5 Å². The lowest BCUT2D eigenvalue weighted by molar-refractivity contribution is -0.141. The van der Waals surface area contributed by atoms with E-state index in [4.69, 9.17) is 16.3 Å². The summed E-state index contributed by atoms with van der Waals surface area (Å²) in [5, 5.41) is 3.06. The van der Waals surface area contributed by atoms with E-state index < -0.39 is 5.82 Å². The highest BCUT2D eigenvalue weighted by Crippen LogP contribution is 2.15. The van der Waals surface area contributed by atoms with Crippen molar-refractivity contribution >= 4 is 17.6 Å². The van der Waals surface area contributed by atoms with Crippen molar-refractivity contribution in [2.45, 2.75) is 13.3 Å². The molecule has 0 amide bonds. The number of benzene rings is 1. The van der Waals surface area contributed by atoms with Crippen LogP contribution in [0.3, 0.4) is 0 Å². The average Bonchev–Trinajstić information content (AvgIpc) is 2.29. The summed E-state index contributed by atoms with van der Waals surface area (Å²) < 4.78 is 17.6. The van der Waals surface area contributed by atoms with Gasteiger partial charge in [-0.1, -0.05) is 17.7 Å². The molecule has 0 saturated carbocycles. The molecule has 0 fully saturated rings. The monoisotopic (exact) mass is 259 g/mol. The molecule has 0 atom stereocenters. The number of carbonyl (C=O) groups excluding carboxylic acids is 1. The molecule has 0 radical (unpaired) electrons. The van der Waals surface area contributed by atoms with Crippen LogP contribution in [0.15, 0.2) is 18.2 Å². The minimum absolute atomic E-state index is 0.118. The molecule has 0 unspecified atom stereocenters. The molecule has 0 aromatic heterocycles. The molecular formula is C12H15ClFNO2. The molecule has 0 saturated heterocycles. The van der Waals surface area contributed by atoms with Gasteiger partial charge in [-0.2, -0.15) is 0 Å². The number of ether oxygens (including phenoxy) is 1. The van der Waals surface area contributed by atoms with Crippen molar-refractivity contribution in [1.29, 1.82) is 0 Å². The molecule has 0 aliphatic rings. The number of carbonyl (C=O) groups is 1. The van der Waals surface area contributed by atoms with Gasteiger partial charge >= 0.3 is 5.97 Å². The van der Waals surface area contributed by atoms with Crippen LogP contribution in [0.2, 0.25) is 5.02 Å². The lowest BCUT2D eigenvalue weighted by Crippen LogP contribution is -2.26. The molecule has 0 heterocycles. The molecule has 1 aromatic rings. The van der Waals surface area contributed by atoms with Crippen molar-refractivity contribution in [3.05, 3.63) is 34.6 Å². The van der Waals surface area contributed by atoms with E-state index in [0.717, 1.165) is 5.56 Å². The minimum atomic E-state index is -0.421. The Labute approximate surface area is 105 Å². The summed E-state index contributed by atoms with van der Waals surface area (Å²) >= 11 is 5.65. The zero-order valence-electron chi connectivity index (χ0n) is 9.63. The quantitative estimate of drug-likeness (QED) is 0.629. The predicted octanol–water partition coefficient (Wildman–Crippen LogP) is 2.17. The smallest absolute Gasteiger partial charge is 0.319 e. The van der Waals surface area contributed by atoms with Crippen LogP contribution in [0.1, 0.15) is 12.5 Å². The minimum Gasteiger partial charge on any atom is -0.465 e. The average molecular weight is 260 g/mol. The van der Waals surface area contributed by atoms with Crippen molar-refractivity contribution in [2.75, 3.05) is 19.7 Å². The molecule has 1 N–H and O–H groups in total. The zero-order chi connectivity index (χ0) is 12.7. The maximum absolute atomic E-state index is 12.9.